The van der Waals surface area contributed by atoms with Gasteiger partial charge in [0.25, 0.3) is 0 Å². The topological polar surface area (TPSA) is 84.2 Å². The van der Waals surface area contributed by atoms with Gasteiger partial charge in [-0.15, -0.1) is 0 Å². The molecule has 0 aliphatic carbocycles. The predicted octanol–water partition coefficient (Wildman–Crippen LogP) is 4.99. The van der Waals surface area contributed by atoms with Gasteiger partial charge in [0.2, 0.25) is 16.4 Å². The highest BCUT2D eigenvalue weighted by Gasteiger charge is 2.45. The molecular weight excluding hydrogens is 481 g/mol. The Labute approximate surface area is 193 Å². The van der Waals surface area contributed by atoms with Crippen LogP contribution in [0.15, 0.2) is 48.7 Å². The lowest BCUT2D eigenvalue weighted by Gasteiger charge is -2.39. The first-order chi connectivity index (χ1) is 15.9. The van der Waals surface area contributed by atoms with Crippen LogP contribution in [0.3, 0.4) is 0 Å². The summed E-state index contributed by atoms with van der Waals surface area (Å²) in [4.78, 5) is 0. The molecule has 12 heteroatoms. The molecule has 2 unspecified atom stereocenters. The molecular formula is C22H24F5N3O3S. The average Bonchev–Trinajstić information content (AvgIpc) is 3.21. The minimum Gasteiger partial charge on any atom is -0.390 e. The maximum Gasteiger partial charge on any atom is 0.416 e. The fraction of sp³-hybridized carbons (Fsp3) is 0.409. The van der Waals surface area contributed by atoms with E-state index in [4.69, 9.17) is 0 Å². The summed E-state index contributed by atoms with van der Waals surface area (Å²) in [7, 11) is -3.66. The van der Waals surface area contributed by atoms with Gasteiger partial charge >= 0.3 is 6.18 Å². The van der Waals surface area contributed by atoms with Gasteiger partial charge in [-0.3, -0.25) is 9.40 Å². The maximum absolute atomic E-state index is 13.9. The number of hydrogen-bond donors (Lipinski definition) is 2. The van der Waals surface area contributed by atoms with E-state index in [0.717, 1.165) is 28.9 Å². The summed E-state index contributed by atoms with van der Waals surface area (Å²) in [5, 5.41) is 15.5. The minimum absolute atomic E-state index is 0.00273. The number of hydrogen-bond acceptors (Lipinski definition) is 4. The van der Waals surface area contributed by atoms with E-state index >= 15 is 0 Å². The summed E-state index contributed by atoms with van der Waals surface area (Å²) in [5.41, 5.74) is -2.48. The number of nitrogens with zero attached hydrogens (tertiary/aromatic N) is 2. The van der Waals surface area contributed by atoms with E-state index < -0.39 is 46.3 Å². The molecule has 0 amide bonds. The quantitative estimate of drug-likeness (QED) is 0.402. The zero-order chi connectivity index (χ0) is 25.3. The van der Waals surface area contributed by atoms with Crippen LogP contribution in [0, 0.1) is 0 Å². The van der Waals surface area contributed by atoms with Crippen molar-refractivity contribution in [3.63, 3.8) is 0 Å². The minimum atomic E-state index is -4.63. The van der Waals surface area contributed by atoms with Crippen molar-refractivity contribution in [3.05, 3.63) is 59.8 Å². The monoisotopic (exact) mass is 505 g/mol. The number of sulfonamides is 1. The van der Waals surface area contributed by atoms with Crippen LogP contribution in [-0.4, -0.2) is 41.6 Å². The van der Waals surface area contributed by atoms with Gasteiger partial charge in [0.15, 0.2) is 0 Å². The van der Waals surface area contributed by atoms with Crippen molar-refractivity contribution in [3.8, 4) is 0 Å². The van der Waals surface area contributed by atoms with E-state index in [2.05, 4.69) is 9.82 Å². The smallest absolute Gasteiger partial charge is 0.390 e. The van der Waals surface area contributed by atoms with Crippen molar-refractivity contribution >= 4 is 26.6 Å². The second-order valence-corrected chi connectivity index (χ2v) is 9.83. The van der Waals surface area contributed by atoms with E-state index in [0.29, 0.717) is 0 Å². The molecule has 1 heterocycles. The van der Waals surface area contributed by atoms with Crippen LogP contribution in [0.25, 0.3) is 10.9 Å². The number of benzene rings is 2. The molecule has 0 saturated carbocycles. The molecule has 2 atom stereocenters. The lowest BCUT2D eigenvalue weighted by Crippen LogP contribution is -2.48. The highest BCUT2D eigenvalue weighted by molar-refractivity contribution is 7.92. The second kappa shape index (κ2) is 9.49. The average molecular weight is 506 g/mol. The second-order valence-electron chi connectivity index (χ2n) is 7.82. The van der Waals surface area contributed by atoms with Crippen molar-refractivity contribution in [2.45, 2.75) is 50.9 Å². The third-order valence-corrected chi connectivity index (χ3v) is 7.04. The summed E-state index contributed by atoms with van der Waals surface area (Å²) < 4.78 is 94.8. The van der Waals surface area contributed by atoms with E-state index in [-0.39, 0.29) is 34.3 Å². The predicted molar refractivity (Wildman–Crippen MR) is 118 cm³/mol. The van der Waals surface area contributed by atoms with Crippen LogP contribution in [0.5, 0.6) is 0 Å². The van der Waals surface area contributed by atoms with Crippen LogP contribution in [0.4, 0.5) is 27.6 Å². The van der Waals surface area contributed by atoms with Crippen LogP contribution in [-0.2, 0) is 21.7 Å². The Kier molecular flexibility index (Phi) is 7.23. The molecule has 6 nitrogen and oxygen atoms in total. The van der Waals surface area contributed by atoms with Crippen molar-refractivity contribution in [2.75, 3.05) is 10.5 Å². The molecule has 186 valence electrons. The summed E-state index contributed by atoms with van der Waals surface area (Å²) in [6.07, 6.45) is -8.68. The molecule has 34 heavy (non-hydrogen) atoms. The number of anilines is 1. The highest BCUT2D eigenvalue weighted by atomic mass is 32.2. The van der Waals surface area contributed by atoms with Crippen LogP contribution >= 0.6 is 0 Å². The zero-order valence-corrected chi connectivity index (χ0v) is 19.2. The zero-order valence-electron chi connectivity index (χ0n) is 18.4. The summed E-state index contributed by atoms with van der Waals surface area (Å²) in [6.45, 7) is 3.00. The van der Waals surface area contributed by atoms with Gasteiger partial charge < -0.3 is 5.11 Å². The Hall–Kier alpha value is -2.73. The summed E-state index contributed by atoms with van der Waals surface area (Å²) in [5.74, 6) is -0.201. The largest absolute Gasteiger partial charge is 0.416 e. The molecule has 2 aromatic carbocycles. The van der Waals surface area contributed by atoms with Crippen LogP contribution in [0.2, 0.25) is 0 Å². The first-order valence-electron chi connectivity index (χ1n) is 10.5. The van der Waals surface area contributed by atoms with Gasteiger partial charge in [0.05, 0.1) is 34.8 Å². The third kappa shape index (κ3) is 4.88. The number of fused-ring (bicyclic) bond motifs is 1. The molecule has 3 aromatic rings. The standard InChI is InChI=1S/C22H24F5N3O3S/c1-3-19(31)21(12-20(23)24,14-8-10-15(11-9-14)22(25,26)27)30-18-7-5-6-17(16(18)13-28-30)29-34(32,33)4-2/h5-11,13,19-20,29,31H,3-4,12H2,1-2H3. The van der Waals surface area contributed by atoms with Crippen LogP contribution < -0.4 is 4.72 Å². The number of halogens is 5. The Balaban J connectivity index is 2.29. The molecule has 2 N–H and O–H groups in total. The van der Waals surface area contributed by atoms with Gasteiger partial charge in [-0.1, -0.05) is 25.1 Å². The molecule has 0 bridgehead atoms. The molecule has 0 radical (unpaired) electrons. The van der Waals surface area contributed by atoms with E-state index in [1.54, 1.807) is 6.92 Å². The van der Waals surface area contributed by atoms with Crippen molar-refractivity contribution < 1.29 is 35.5 Å². The number of nitrogens with one attached hydrogen (secondary N) is 1. The molecule has 0 aliphatic heterocycles. The fourth-order valence-electron chi connectivity index (χ4n) is 4.01. The van der Waals surface area contributed by atoms with E-state index in [9.17, 15) is 35.5 Å². The van der Waals surface area contributed by atoms with Gasteiger partial charge in [-0.05, 0) is 43.2 Å². The maximum atomic E-state index is 13.9. The normalized spacial score (nSPS) is 15.4. The number of aliphatic hydroxyl groups is 1. The Bertz CT molecular complexity index is 1240. The van der Waals surface area contributed by atoms with Gasteiger partial charge in [0, 0.05) is 11.8 Å². The molecule has 0 fully saturated rings. The Morgan fingerprint density at radius 1 is 1.06 bits per heavy atom. The molecule has 3 rings (SSSR count). The number of aromatic nitrogens is 2. The Morgan fingerprint density at radius 3 is 2.21 bits per heavy atom. The number of rotatable bonds is 9. The van der Waals surface area contributed by atoms with Crippen molar-refractivity contribution in [1.29, 1.82) is 0 Å². The summed E-state index contributed by atoms with van der Waals surface area (Å²) >= 11 is 0. The lowest BCUT2D eigenvalue weighted by atomic mass is 9.79. The summed E-state index contributed by atoms with van der Waals surface area (Å²) in [6, 6.07) is 8.13. The molecule has 0 saturated heterocycles. The van der Waals surface area contributed by atoms with Crippen LogP contribution in [0.1, 0.15) is 37.8 Å². The van der Waals surface area contributed by atoms with E-state index in [1.165, 1.54) is 31.3 Å². The van der Waals surface area contributed by atoms with Gasteiger partial charge in [-0.25, -0.2) is 17.2 Å². The fourth-order valence-corrected chi connectivity index (χ4v) is 4.67. The van der Waals surface area contributed by atoms with Crippen molar-refractivity contribution in [2.24, 2.45) is 0 Å². The third-order valence-electron chi connectivity index (χ3n) is 5.75. The highest BCUT2D eigenvalue weighted by Crippen LogP contribution is 2.41. The number of alkyl halides is 5. The van der Waals surface area contributed by atoms with Crippen molar-refractivity contribution in [1.82, 2.24) is 9.78 Å². The number of aliphatic hydroxyl groups excluding tert-OH is 1. The first kappa shape index (κ1) is 25.9. The molecule has 0 aliphatic rings. The SMILES string of the molecule is CCC(O)C(CC(F)F)(c1ccc(C(F)(F)F)cc1)n1ncc2c(NS(=O)(=O)CC)cccc21. The van der Waals surface area contributed by atoms with Gasteiger partial charge in [0.1, 0.15) is 5.54 Å². The van der Waals surface area contributed by atoms with Gasteiger partial charge in [-0.2, -0.15) is 18.3 Å². The molecule has 1 aromatic heterocycles. The first-order valence-corrected chi connectivity index (χ1v) is 12.1. The lowest BCUT2D eigenvalue weighted by molar-refractivity contribution is -0.137. The Morgan fingerprint density at radius 2 is 1.68 bits per heavy atom. The van der Waals surface area contributed by atoms with E-state index in [1.807, 2.05) is 0 Å². The molecule has 0 spiro atoms.